The molecule has 110 valence electrons. The summed E-state index contributed by atoms with van der Waals surface area (Å²) in [6.45, 7) is 2.32. The van der Waals surface area contributed by atoms with Gasteiger partial charge in [0.05, 0.1) is 6.33 Å². The number of aromatic nitrogens is 2. The maximum atomic E-state index is 12.0. The molecule has 0 radical (unpaired) electrons. The maximum absolute atomic E-state index is 12.0. The van der Waals surface area contributed by atoms with Crippen molar-refractivity contribution in [2.75, 3.05) is 5.32 Å². The van der Waals surface area contributed by atoms with Crippen molar-refractivity contribution in [2.24, 2.45) is 0 Å². The molecule has 3 aromatic rings. The van der Waals surface area contributed by atoms with E-state index in [0.29, 0.717) is 0 Å². The van der Waals surface area contributed by atoms with Gasteiger partial charge in [-0.3, -0.25) is 4.79 Å². The molecular formula is C18H17N3O. The van der Waals surface area contributed by atoms with Crippen LogP contribution < -0.4 is 5.32 Å². The molecule has 0 saturated heterocycles. The molecule has 4 nitrogen and oxygen atoms in total. The Morgan fingerprint density at radius 1 is 1.14 bits per heavy atom. The summed E-state index contributed by atoms with van der Waals surface area (Å²) in [5.41, 5.74) is 4.24. The molecule has 0 aliphatic heterocycles. The van der Waals surface area contributed by atoms with E-state index < -0.39 is 0 Å². The summed E-state index contributed by atoms with van der Waals surface area (Å²) in [6, 6.07) is 16.2. The molecule has 1 aromatic heterocycles. The van der Waals surface area contributed by atoms with Crippen LogP contribution in [0.15, 0.2) is 67.3 Å². The monoisotopic (exact) mass is 291 g/mol. The van der Waals surface area contributed by atoms with Gasteiger partial charge in [0.2, 0.25) is 5.91 Å². The number of hydrogen-bond acceptors (Lipinski definition) is 2. The third-order valence-corrected chi connectivity index (χ3v) is 3.42. The number of amides is 1. The first-order valence-electron chi connectivity index (χ1n) is 7.13. The number of rotatable bonds is 4. The van der Waals surface area contributed by atoms with Crippen molar-refractivity contribution < 1.29 is 4.79 Å². The fourth-order valence-electron chi connectivity index (χ4n) is 2.27. The fraction of sp³-hybridized carbons (Fsp3) is 0.111. The van der Waals surface area contributed by atoms with Crippen molar-refractivity contribution in [1.29, 1.82) is 0 Å². The Hall–Kier alpha value is -2.88. The van der Waals surface area contributed by atoms with Crippen molar-refractivity contribution >= 4 is 11.6 Å². The van der Waals surface area contributed by atoms with Gasteiger partial charge in [-0.15, -0.1) is 0 Å². The Balaban J connectivity index is 1.73. The highest BCUT2D eigenvalue weighted by molar-refractivity contribution is 5.91. The van der Waals surface area contributed by atoms with Crippen LogP contribution in [0.25, 0.3) is 11.1 Å². The number of anilines is 1. The normalized spacial score (nSPS) is 10.4. The smallest absolute Gasteiger partial charge is 0.244 e. The van der Waals surface area contributed by atoms with E-state index in [2.05, 4.69) is 41.5 Å². The first kappa shape index (κ1) is 14.1. The fourth-order valence-corrected chi connectivity index (χ4v) is 2.27. The Bertz CT molecular complexity index is 761. The Morgan fingerprint density at radius 3 is 2.68 bits per heavy atom. The minimum absolute atomic E-state index is 0.0703. The molecule has 1 amide bonds. The number of nitrogens with one attached hydrogen (secondary N) is 1. The van der Waals surface area contributed by atoms with Gasteiger partial charge in [0.1, 0.15) is 6.54 Å². The highest BCUT2D eigenvalue weighted by Crippen LogP contribution is 2.23. The average molecular weight is 291 g/mol. The van der Waals surface area contributed by atoms with Crippen LogP contribution in [0.5, 0.6) is 0 Å². The largest absolute Gasteiger partial charge is 0.328 e. The average Bonchev–Trinajstić information content (AvgIpc) is 3.01. The van der Waals surface area contributed by atoms with E-state index in [4.69, 9.17) is 0 Å². The molecule has 0 aliphatic rings. The maximum Gasteiger partial charge on any atom is 0.244 e. The first-order valence-corrected chi connectivity index (χ1v) is 7.13. The van der Waals surface area contributed by atoms with Crippen molar-refractivity contribution in [3.63, 3.8) is 0 Å². The SMILES string of the molecule is Cc1ccc(-c2cccc(NC(=O)Cn3ccnc3)c2)cc1. The minimum Gasteiger partial charge on any atom is -0.328 e. The lowest BCUT2D eigenvalue weighted by atomic mass is 10.0. The van der Waals surface area contributed by atoms with E-state index in [1.807, 2.05) is 24.3 Å². The standard InChI is InChI=1S/C18H17N3O/c1-14-5-7-15(8-6-14)16-3-2-4-17(11-16)20-18(22)12-21-10-9-19-13-21/h2-11,13H,12H2,1H3,(H,20,22). The van der Waals surface area contributed by atoms with Gasteiger partial charge in [-0.05, 0) is 30.2 Å². The summed E-state index contributed by atoms with van der Waals surface area (Å²) in [4.78, 5) is 15.9. The van der Waals surface area contributed by atoms with Gasteiger partial charge < -0.3 is 9.88 Å². The molecule has 2 aromatic carbocycles. The van der Waals surface area contributed by atoms with Crippen LogP contribution in [0, 0.1) is 6.92 Å². The van der Waals surface area contributed by atoms with Crippen LogP contribution in [0.3, 0.4) is 0 Å². The molecule has 0 unspecified atom stereocenters. The quantitative estimate of drug-likeness (QED) is 0.799. The second-order valence-electron chi connectivity index (χ2n) is 5.23. The molecule has 1 N–H and O–H groups in total. The lowest BCUT2D eigenvalue weighted by Gasteiger charge is -2.08. The van der Waals surface area contributed by atoms with E-state index >= 15 is 0 Å². The van der Waals surface area contributed by atoms with Gasteiger partial charge in [-0.1, -0.05) is 42.0 Å². The second kappa shape index (κ2) is 6.26. The lowest BCUT2D eigenvalue weighted by Crippen LogP contribution is -2.17. The summed E-state index contributed by atoms with van der Waals surface area (Å²) >= 11 is 0. The minimum atomic E-state index is -0.0703. The third-order valence-electron chi connectivity index (χ3n) is 3.42. The van der Waals surface area contributed by atoms with Crippen LogP contribution in [0.1, 0.15) is 5.56 Å². The van der Waals surface area contributed by atoms with Crippen molar-refractivity contribution in [3.05, 3.63) is 72.8 Å². The molecule has 1 heterocycles. The molecule has 0 bridgehead atoms. The van der Waals surface area contributed by atoms with Crippen LogP contribution in [0.2, 0.25) is 0 Å². The van der Waals surface area contributed by atoms with E-state index in [9.17, 15) is 4.79 Å². The molecule has 4 heteroatoms. The first-order chi connectivity index (χ1) is 10.7. The van der Waals surface area contributed by atoms with E-state index in [1.165, 1.54) is 5.56 Å². The molecule has 0 saturated carbocycles. The van der Waals surface area contributed by atoms with E-state index in [1.54, 1.807) is 23.3 Å². The summed E-state index contributed by atoms with van der Waals surface area (Å²) in [6.07, 6.45) is 5.05. The number of nitrogens with zero attached hydrogens (tertiary/aromatic N) is 2. The van der Waals surface area contributed by atoms with Gasteiger partial charge in [0.15, 0.2) is 0 Å². The number of carbonyl (C=O) groups excluding carboxylic acids is 1. The summed E-state index contributed by atoms with van der Waals surface area (Å²) in [5.74, 6) is -0.0703. The zero-order chi connectivity index (χ0) is 15.4. The third kappa shape index (κ3) is 3.41. The zero-order valence-electron chi connectivity index (χ0n) is 12.4. The van der Waals surface area contributed by atoms with Gasteiger partial charge in [-0.25, -0.2) is 4.98 Å². The van der Waals surface area contributed by atoms with Crippen molar-refractivity contribution in [2.45, 2.75) is 13.5 Å². The molecule has 3 rings (SSSR count). The van der Waals surface area contributed by atoms with E-state index in [-0.39, 0.29) is 12.5 Å². The van der Waals surface area contributed by atoms with Crippen LogP contribution in [-0.4, -0.2) is 15.5 Å². The predicted octanol–water partition coefficient (Wildman–Crippen LogP) is 3.50. The number of hydrogen-bond donors (Lipinski definition) is 1. The summed E-state index contributed by atoms with van der Waals surface area (Å²) in [5, 5.41) is 2.91. The molecule has 0 atom stereocenters. The summed E-state index contributed by atoms with van der Waals surface area (Å²) in [7, 11) is 0. The van der Waals surface area contributed by atoms with Crippen molar-refractivity contribution in [1.82, 2.24) is 9.55 Å². The van der Waals surface area contributed by atoms with Gasteiger partial charge in [0, 0.05) is 18.1 Å². The second-order valence-corrected chi connectivity index (χ2v) is 5.23. The Kier molecular flexibility index (Phi) is 4.01. The zero-order valence-corrected chi connectivity index (χ0v) is 12.4. The number of imidazole rings is 1. The Labute approximate surface area is 129 Å². The molecule has 0 aliphatic carbocycles. The summed E-state index contributed by atoms with van der Waals surface area (Å²) < 4.78 is 1.74. The van der Waals surface area contributed by atoms with Gasteiger partial charge in [-0.2, -0.15) is 0 Å². The molecule has 0 spiro atoms. The number of aryl methyl sites for hydroxylation is 1. The van der Waals surface area contributed by atoms with Crippen LogP contribution in [-0.2, 0) is 11.3 Å². The highest BCUT2D eigenvalue weighted by atomic mass is 16.1. The van der Waals surface area contributed by atoms with Gasteiger partial charge in [0.25, 0.3) is 0 Å². The predicted molar refractivity (Wildman–Crippen MR) is 87.5 cm³/mol. The number of benzene rings is 2. The van der Waals surface area contributed by atoms with Crippen molar-refractivity contribution in [3.8, 4) is 11.1 Å². The number of carbonyl (C=O) groups is 1. The lowest BCUT2D eigenvalue weighted by molar-refractivity contribution is -0.116. The van der Waals surface area contributed by atoms with Crippen LogP contribution in [0.4, 0.5) is 5.69 Å². The van der Waals surface area contributed by atoms with Gasteiger partial charge >= 0.3 is 0 Å². The van der Waals surface area contributed by atoms with E-state index in [0.717, 1.165) is 16.8 Å². The Morgan fingerprint density at radius 2 is 1.95 bits per heavy atom. The highest BCUT2D eigenvalue weighted by Gasteiger charge is 2.04. The molecule has 0 fully saturated rings. The molecule has 22 heavy (non-hydrogen) atoms. The topological polar surface area (TPSA) is 46.9 Å². The van der Waals surface area contributed by atoms with Crippen LogP contribution >= 0.6 is 0 Å². The molecular weight excluding hydrogens is 274 g/mol.